The Hall–Kier alpha value is -3.22. The van der Waals surface area contributed by atoms with Crippen molar-refractivity contribution in [2.24, 2.45) is 7.05 Å². The van der Waals surface area contributed by atoms with Crippen LogP contribution in [-0.4, -0.2) is 57.5 Å². The van der Waals surface area contributed by atoms with E-state index in [9.17, 15) is 5.26 Å². The lowest BCUT2D eigenvalue weighted by molar-refractivity contribution is 0.219. The van der Waals surface area contributed by atoms with E-state index in [1.165, 1.54) is 0 Å². The van der Waals surface area contributed by atoms with E-state index < -0.39 is 0 Å². The Balaban J connectivity index is 1.52. The number of pyridine rings is 1. The fourth-order valence-corrected chi connectivity index (χ4v) is 4.08. The van der Waals surface area contributed by atoms with E-state index in [2.05, 4.69) is 20.9 Å². The molecule has 9 heteroatoms. The first-order valence-corrected chi connectivity index (χ1v) is 10.6. The van der Waals surface area contributed by atoms with E-state index >= 15 is 0 Å². The maximum Gasteiger partial charge on any atom is 0.199 e. The number of anilines is 1. The Morgan fingerprint density at radius 2 is 1.97 bits per heavy atom. The molecule has 0 unspecified atom stereocenters. The molecular formula is C22H25N7OS. The number of para-hydroxylation sites is 1. The van der Waals surface area contributed by atoms with E-state index in [-0.39, 0.29) is 0 Å². The lowest BCUT2D eigenvalue weighted by Crippen LogP contribution is -2.33. The molecule has 3 aromatic rings. The number of rotatable bonds is 5. The number of hydrogen-bond acceptors (Lipinski definition) is 7. The summed E-state index contributed by atoms with van der Waals surface area (Å²) in [6, 6.07) is 13.7. The van der Waals surface area contributed by atoms with Crippen LogP contribution in [0.1, 0.15) is 12.0 Å². The van der Waals surface area contributed by atoms with Crippen LogP contribution in [0.4, 0.5) is 5.82 Å². The Bertz CT molecular complexity index is 1160. The van der Waals surface area contributed by atoms with E-state index in [4.69, 9.17) is 22.1 Å². The van der Waals surface area contributed by atoms with Gasteiger partial charge in [0, 0.05) is 39.4 Å². The van der Waals surface area contributed by atoms with Crippen molar-refractivity contribution in [1.29, 1.82) is 5.26 Å². The fourth-order valence-electron chi connectivity index (χ4n) is 3.89. The first-order valence-electron chi connectivity index (χ1n) is 10.2. The van der Waals surface area contributed by atoms with Crippen molar-refractivity contribution in [3.05, 3.63) is 52.9 Å². The largest absolute Gasteiger partial charge is 0.496 e. The summed E-state index contributed by atoms with van der Waals surface area (Å²) in [5.74, 6) is 2.32. The summed E-state index contributed by atoms with van der Waals surface area (Å²) in [6.07, 6.45) is 2.71. The SMILES string of the molecule is COc1ccccc1-c1nn(CN2CCCN(c3ncccc3C#N)CC2)c(=S)n1C. The molecule has 0 atom stereocenters. The van der Waals surface area contributed by atoms with Crippen LogP contribution in [0.2, 0.25) is 0 Å². The van der Waals surface area contributed by atoms with E-state index in [1.54, 1.807) is 19.4 Å². The number of nitriles is 1. The molecule has 4 rings (SSSR count). The van der Waals surface area contributed by atoms with Crippen molar-refractivity contribution in [3.8, 4) is 23.2 Å². The number of ether oxygens (including phenoxy) is 1. The molecule has 0 saturated carbocycles. The van der Waals surface area contributed by atoms with Crippen molar-refractivity contribution in [2.45, 2.75) is 13.1 Å². The Morgan fingerprint density at radius 1 is 1.13 bits per heavy atom. The first kappa shape index (κ1) is 21.0. The molecule has 0 amide bonds. The van der Waals surface area contributed by atoms with Gasteiger partial charge in [-0.2, -0.15) is 10.4 Å². The topological polar surface area (TPSA) is 75.1 Å². The standard InChI is InChI=1S/C22H25N7OS/c1-26-21(18-8-3-4-9-19(18)30-2)25-29(22(26)31)16-27-11-6-12-28(14-13-27)20-17(15-23)7-5-10-24-20/h3-5,7-10H,6,11-14,16H2,1-2H3. The van der Waals surface area contributed by atoms with Crippen LogP contribution in [0.25, 0.3) is 11.4 Å². The summed E-state index contributed by atoms with van der Waals surface area (Å²) in [5, 5.41) is 14.2. The summed E-state index contributed by atoms with van der Waals surface area (Å²) >= 11 is 5.67. The normalized spacial score (nSPS) is 14.8. The molecule has 1 saturated heterocycles. The average molecular weight is 436 g/mol. The maximum atomic E-state index is 9.39. The van der Waals surface area contributed by atoms with Crippen LogP contribution in [0.15, 0.2) is 42.6 Å². The highest BCUT2D eigenvalue weighted by atomic mass is 32.1. The van der Waals surface area contributed by atoms with Crippen LogP contribution >= 0.6 is 12.2 Å². The van der Waals surface area contributed by atoms with Crippen LogP contribution in [0, 0.1) is 16.1 Å². The molecule has 3 heterocycles. The Morgan fingerprint density at radius 3 is 2.77 bits per heavy atom. The van der Waals surface area contributed by atoms with Crippen molar-refractivity contribution in [2.75, 3.05) is 38.2 Å². The molecule has 1 aliphatic rings. The molecule has 160 valence electrons. The van der Waals surface area contributed by atoms with Crippen molar-refractivity contribution in [3.63, 3.8) is 0 Å². The maximum absolute atomic E-state index is 9.39. The lowest BCUT2D eigenvalue weighted by Gasteiger charge is -2.23. The minimum Gasteiger partial charge on any atom is -0.496 e. The van der Waals surface area contributed by atoms with Crippen molar-refractivity contribution in [1.82, 2.24) is 24.2 Å². The van der Waals surface area contributed by atoms with Gasteiger partial charge in [0.15, 0.2) is 10.6 Å². The van der Waals surface area contributed by atoms with Crippen molar-refractivity contribution < 1.29 is 4.74 Å². The predicted molar refractivity (Wildman–Crippen MR) is 121 cm³/mol. The van der Waals surface area contributed by atoms with Gasteiger partial charge in [-0.05, 0) is 42.9 Å². The highest BCUT2D eigenvalue weighted by molar-refractivity contribution is 7.71. The van der Waals surface area contributed by atoms with Crippen molar-refractivity contribution >= 4 is 18.0 Å². The summed E-state index contributed by atoms with van der Waals surface area (Å²) in [6.45, 7) is 4.04. The summed E-state index contributed by atoms with van der Waals surface area (Å²) in [7, 11) is 3.59. The van der Waals surface area contributed by atoms with E-state index in [1.807, 2.05) is 46.6 Å². The molecule has 0 spiro atoms. The summed E-state index contributed by atoms with van der Waals surface area (Å²) < 4.78 is 9.96. The fraction of sp³-hybridized carbons (Fsp3) is 0.364. The van der Waals surface area contributed by atoms with Gasteiger partial charge in [0.1, 0.15) is 17.6 Å². The quantitative estimate of drug-likeness (QED) is 0.570. The highest BCUT2D eigenvalue weighted by Crippen LogP contribution is 2.28. The number of aromatic nitrogens is 4. The third-order valence-electron chi connectivity index (χ3n) is 5.52. The number of benzene rings is 1. The predicted octanol–water partition coefficient (Wildman–Crippen LogP) is 3.06. The Labute approximate surface area is 186 Å². The van der Waals surface area contributed by atoms with Gasteiger partial charge >= 0.3 is 0 Å². The molecule has 0 bridgehead atoms. The molecule has 0 aliphatic carbocycles. The van der Waals surface area contributed by atoms with Gasteiger partial charge in [-0.3, -0.25) is 4.90 Å². The average Bonchev–Trinajstić information content (AvgIpc) is 2.97. The third kappa shape index (κ3) is 4.31. The van der Waals surface area contributed by atoms with E-state index in [0.717, 1.165) is 55.6 Å². The zero-order valence-corrected chi connectivity index (χ0v) is 18.5. The van der Waals surface area contributed by atoms with Crippen LogP contribution in [0.3, 0.4) is 0 Å². The highest BCUT2D eigenvalue weighted by Gasteiger charge is 2.20. The molecule has 0 radical (unpaired) electrons. The minimum atomic E-state index is 0.614. The van der Waals surface area contributed by atoms with Crippen LogP contribution in [-0.2, 0) is 13.7 Å². The van der Waals surface area contributed by atoms with Gasteiger partial charge in [0.05, 0.1) is 24.9 Å². The van der Waals surface area contributed by atoms with Gasteiger partial charge < -0.3 is 14.2 Å². The molecule has 31 heavy (non-hydrogen) atoms. The number of methoxy groups -OCH3 is 1. The van der Waals surface area contributed by atoms with Crippen LogP contribution < -0.4 is 9.64 Å². The molecule has 0 N–H and O–H groups in total. The van der Waals surface area contributed by atoms with Gasteiger partial charge in [-0.25, -0.2) is 9.67 Å². The molecule has 8 nitrogen and oxygen atoms in total. The second kappa shape index (κ2) is 9.29. The van der Waals surface area contributed by atoms with Gasteiger partial charge in [-0.1, -0.05) is 12.1 Å². The minimum absolute atomic E-state index is 0.614. The van der Waals surface area contributed by atoms with Gasteiger partial charge in [0.2, 0.25) is 0 Å². The molecule has 1 fully saturated rings. The third-order valence-corrected chi connectivity index (χ3v) is 6.00. The second-order valence-corrected chi connectivity index (χ2v) is 7.82. The zero-order valence-electron chi connectivity index (χ0n) is 17.7. The van der Waals surface area contributed by atoms with Gasteiger partial charge in [0.25, 0.3) is 0 Å². The Kier molecular flexibility index (Phi) is 6.30. The number of nitrogens with zero attached hydrogens (tertiary/aromatic N) is 7. The first-order chi connectivity index (χ1) is 15.1. The zero-order chi connectivity index (χ0) is 21.8. The molecule has 2 aromatic heterocycles. The van der Waals surface area contributed by atoms with Crippen LogP contribution in [0.5, 0.6) is 5.75 Å². The lowest BCUT2D eigenvalue weighted by atomic mass is 10.2. The smallest absolute Gasteiger partial charge is 0.199 e. The van der Waals surface area contributed by atoms with Gasteiger partial charge in [-0.15, -0.1) is 0 Å². The number of hydrogen-bond donors (Lipinski definition) is 0. The monoisotopic (exact) mass is 435 g/mol. The molecule has 1 aliphatic heterocycles. The summed E-state index contributed by atoms with van der Waals surface area (Å²) in [5.41, 5.74) is 1.53. The molecular weight excluding hydrogens is 410 g/mol. The van der Waals surface area contributed by atoms with E-state index in [0.29, 0.717) is 17.0 Å². The summed E-state index contributed by atoms with van der Waals surface area (Å²) in [4.78, 5) is 8.97. The molecule has 1 aromatic carbocycles. The second-order valence-electron chi connectivity index (χ2n) is 7.45.